The summed E-state index contributed by atoms with van der Waals surface area (Å²) in [7, 11) is 2.00. The van der Waals surface area contributed by atoms with E-state index in [1.54, 1.807) is 11.8 Å². The van der Waals surface area contributed by atoms with Crippen molar-refractivity contribution in [2.45, 2.75) is 18.7 Å². The smallest absolute Gasteiger partial charge is 0.103 e. The second-order valence-electron chi connectivity index (χ2n) is 4.59. The molecule has 0 unspecified atom stereocenters. The van der Waals surface area contributed by atoms with E-state index < -0.39 is 0 Å². The molecule has 3 heteroatoms. The highest BCUT2D eigenvalue weighted by Crippen LogP contribution is 2.33. The second kappa shape index (κ2) is 6.49. The Kier molecular flexibility index (Phi) is 4.70. The fraction of sp³-hybridized carbons (Fsp3) is 0.235. The quantitative estimate of drug-likeness (QED) is 0.757. The molecule has 0 spiro atoms. The zero-order valence-corrected chi connectivity index (χ0v) is 12.9. The molecule has 2 aromatic carbocycles. The zero-order valence-electron chi connectivity index (χ0n) is 12.1. The van der Waals surface area contributed by atoms with Crippen molar-refractivity contribution in [3.63, 3.8) is 0 Å². The number of nitriles is 1. The lowest BCUT2D eigenvalue weighted by atomic mass is 10.1. The Morgan fingerprint density at radius 3 is 2.45 bits per heavy atom. The Morgan fingerprint density at radius 1 is 1.15 bits per heavy atom. The van der Waals surface area contributed by atoms with Crippen LogP contribution in [0, 0.1) is 18.3 Å². The van der Waals surface area contributed by atoms with Gasteiger partial charge in [-0.2, -0.15) is 5.26 Å². The van der Waals surface area contributed by atoms with Gasteiger partial charge in [0.1, 0.15) is 6.07 Å². The molecule has 0 atom stereocenters. The van der Waals surface area contributed by atoms with Gasteiger partial charge in [0.2, 0.25) is 0 Å². The largest absolute Gasteiger partial charge is 0.344 e. The molecule has 0 N–H and O–H groups in total. The molecule has 0 amide bonds. The van der Waals surface area contributed by atoms with Crippen LogP contribution >= 0.6 is 11.8 Å². The minimum atomic E-state index is 0.752. The number of thioether (sulfide) groups is 1. The van der Waals surface area contributed by atoms with Gasteiger partial charge in [-0.05, 0) is 36.9 Å². The van der Waals surface area contributed by atoms with Crippen molar-refractivity contribution >= 4 is 23.1 Å². The van der Waals surface area contributed by atoms with Crippen molar-refractivity contribution in [3.8, 4) is 6.07 Å². The van der Waals surface area contributed by atoms with Crippen LogP contribution in [0.15, 0.2) is 47.4 Å². The number of anilines is 2. The lowest BCUT2D eigenvalue weighted by Gasteiger charge is -2.22. The van der Waals surface area contributed by atoms with E-state index in [2.05, 4.69) is 49.1 Å². The van der Waals surface area contributed by atoms with Gasteiger partial charge in [-0.15, -0.1) is 11.8 Å². The first-order valence-electron chi connectivity index (χ1n) is 6.63. The predicted molar refractivity (Wildman–Crippen MR) is 86.8 cm³/mol. The number of rotatable bonds is 4. The van der Waals surface area contributed by atoms with Gasteiger partial charge in [0.05, 0.1) is 11.3 Å². The number of nitrogens with zero attached hydrogens (tertiary/aromatic N) is 2. The summed E-state index contributed by atoms with van der Waals surface area (Å²) in [6, 6.07) is 16.7. The minimum Gasteiger partial charge on any atom is -0.344 e. The van der Waals surface area contributed by atoms with Crippen LogP contribution in [0.1, 0.15) is 18.1 Å². The predicted octanol–water partition coefficient (Wildman–Crippen LogP) is 4.75. The highest BCUT2D eigenvalue weighted by Gasteiger charge is 2.12. The Bertz CT molecular complexity index is 626. The van der Waals surface area contributed by atoms with Crippen LogP contribution in [0.3, 0.4) is 0 Å². The van der Waals surface area contributed by atoms with Gasteiger partial charge in [-0.1, -0.05) is 30.7 Å². The molecule has 0 aromatic heterocycles. The fourth-order valence-corrected chi connectivity index (χ4v) is 2.88. The van der Waals surface area contributed by atoms with Crippen LogP contribution < -0.4 is 4.90 Å². The second-order valence-corrected chi connectivity index (χ2v) is 5.90. The van der Waals surface area contributed by atoms with Gasteiger partial charge in [-0.25, -0.2) is 0 Å². The lowest BCUT2D eigenvalue weighted by molar-refractivity contribution is 1.17. The molecule has 0 heterocycles. The van der Waals surface area contributed by atoms with Crippen LogP contribution in [0.5, 0.6) is 0 Å². The summed E-state index contributed by atoms with van der Waals surface area (Å²) in [4.78, 5) is 3.11. The van der Waals surface area contributed by atoms with E-state index in [1.165, 1.54) is 5.56 Å². The van der Waals surface area contributed by atoms with Gasteiger partial charge in [0.25, 0.3) is 0 Å². The van der Waals surface area contributed by atoms with E-state index in [1.807, 2.05) is 25.2 Å². The number of hydrogen-bond acceptors (Lipinski definition) is 3. The molecule has 0 radical (unpaired) electrons. The first-order valence-corrected chi connectivity index (χ1v) is 7.62. The van der Waals surface area contributed by atoms with Crippen molar-refractivity contribution in [3.05, 3.63) is 53.6 Å². The van der Waals surface area contributed by atoms with E-state index in [9.17, 15) is 5.26 Å². The van der Waals surface area contributed by atoms with Crippen molar-refractivity contribution in [2.75, 3.05) is 17.7 Å². The third kappa shape index (κ3) is 2.97. The molecule has 0 aliphatic carbocycles. The average Bonchev–Trinajstić information content (AvgIpc) is 2.47. The van der Waals surface area contributed by atoms with Crippen molar-refractivity contribution < 1.29 is 0 Å². The van der Waals surface area contributed by atoms with Crippen LogP contribution in [0.2, 0.25) is 0 Å². The molecule has 20 heavy (non-hydrogen) atoms. The molecule has 0 fully saturated rings. The molecule has 0 bridgehead atoms. The number of aryl methyl sites for hydroxylation is 1. The summed E-state index contributed by atoms with van der Waals surface area (Å²) in [5, 5.41) is 9.48. The Balaban J connectivity index is 2.44. The average molecular weight is 282 g/mol. The fourth-order valence-electron chi connectivity index (χ4n) is 2.09. The summed E-state index contributed by atoms with van der Waals surface area (Å²) >= 11 is 1.71. The SMILES string of the molecule is CCSc1cccc(N(C)c2ccc(C)cc2)c1C#N. The Labute approximate surface area is 125 Å². The highest BCUT2D eigenvalue weighted by atomic mass is 32.2. The molecule has 0 saturated carbocycles. The molecule has 0 aliphatic rings. The molecule has 0 aliphatic heterocycles. The van der Waals surface area contributed by atoms with Crippen LogP contribution in [-0.2, 0) is 0 Å². The van der Waals surface area contributed by atoms with E-state index >= 15 is 0 Å². The van der Waals surface area contributed by atoms with Crippen LogP contribution in [-0.4, -0.2) is 12.8 Å². The molecule has 0 saturated heterocycles. The highest BCUT2D eigenvalue weighted by molar-refractivity contribution is 7.99. The third-order valence-corrected chi connectivity index (χ3v) is 4.14. The van der Waals surface area contributed by atoms with Gasteiger partial charge in [0, 0.05) is 17.6 Å². The van der Waals surface area contributed by atoms with Gasteiger partial charge < -0.3 is 4.90 Å². The molecule has 2 aromatic rings. The number of hydrogen-bond donors (Lipinski definition) is 0. The van der Waals surface area contributed by atoms with Gasteiger partial charge >= 0.3 is 0 Å². The minimum absolute atomic E-state index is 0.752. The van der Waals surface area contributed by atoms with Crippen LogP contribution in [0.25, 0.3) is 0 Å². The van der Waals surface area contributed by atoms with E-state index in [0.29, 0.717) is 0 Å². The summed E-state index contributed by atoms with van der Waals surface area (Å²) in [6.45, 7) is 4.17. The Hall–Kier alpha value is -1.92. The van der Waals surface area contributed by atoms with Gasteiger partial charge in [-0.3, -0.25) is 0 Å². The third-order valence-electron chi connectivity index (χ3n) is 3.20. The monoisotopic (exact) mass is 282 g/mol. The Morgan fingerprint density at radius 2 is 1.85 bits per heavy atom. The standard InChI is InChI=1S/C17H18N2S/c1-4-20-17-7-5-6-16(15(17)12-18)19(3)14-10-8-13(2)9-11-14/h5-11H,4H2,1-3H3. The first kappa shape index (κ1) is 14.5. The molecular formula is C17H18N2S. The van der Waals surface area contributed by atoms with E-state index in [4.69, 9.17) is 0 Å². The topological polar surface area (TPSA) is 27.0 Å². The zero-order chi connectivity index (χ0) is 14.5. The maximum Gasteiger partial charge on any atom is 0.103 e. The normalized spacial score (nSPS) is 10.1. The maximum absolute atomic E-state index is 9.48. The van der Waals surface area contributed by atoms with E-state index in [-0.39, 0.29) is 0 Å². The van der Waals surface area contributed by atoms with E-state index in [0.717, 1.165) is 27.6 Å². The molecule has 2 nitrogen and oxygen atoms in total. The molecule has 102 valence electrons. The molecular weight excluding hydrogens is 264 g/mol. The van der Waals surface area contributed by atoms with Gasteiger partial charge in [0.15, 0.2) is 0 Å². The van der Waals surface area contributed by atoms with Crippen molar-refractivity contribution in [1.29, 1.82) is 5.26 Å². The summed E-state index contributed by atoms with van der Waals surface area (Å²) in [6.07, 6.45) is 0. The summed E-state index contributed by atoms with van der Waals surface area (Å²) < 4.78 is 0. The van der Waals surface area contributed by atoms with Crippen molar-refractivity contribution in [2.24, 2.45) is 0 Å². The van der Waals surface area contributed by atoms with Crippen LogP contribution in [0.4, 0.5) is 11.4 Å². The lowest BCUT2D eigenvalue weighted by Crippen LogP contribution is -2.11. The first-order chi connectivity index (χ1) is 9.67. The summed E-state index contributed by atoms with van der Waals surface area (Å²) in [5.41, 5.74) is 4.03. The van der Waals surface area contributed by atoms with Crippen molar-refractivity contribution in [1.82, 2.24) is 0 Å². The summed E-state index contributed by atoms with van der Waals surface area (Å²) in [5.74, 6) is 0.965. The number of benzene rings is 2. The molecule has 2 rings (SSSR count). The maximum atomic E-state index is 9.48.